The molecule has 0 spiro atoms. The molecule has 0 bridgehead atoms. The Labute approximate surface area is 168 Å². The molecule has 1 saturated heterocycles. The Bertz CT molecular complexity index is 1130. The Hall–Kier alpha value is -3.53. The van der Waals surface area contributed by atoms with Gasteiger partial charge in [-0.15, -0.1) is 0 Å². The summed E-state index contributed by atoms with van der Waals surface area (Å²) in [7, 11) is 0. The summed E-state index contributed by atoms with van der Waals surface area (Å²) in [6, 6.07) is 12.5. The Kier molecular flexibility index (Phi) is 4.13. The lowest BCUT2D eigenvalue weighted by molar-refractivity contribution is -0.377. The molecule has 0 saturated carbocycles. The molecule has 0 radical (unpaired) electrons. The minimum atomic E-state index is -0.122. The van der Waals surface area contributed by atoms with Gasteiger partial charge in [0.2, 0.25) is 11.6 Å². The SMILES string of the molecule is N#Cc1c(N2CCCCC2)[nH+]c(N)c2c(N)[nH+]c3c(c12)C[C@@H](c1ccccc1)O3. The van der Waals surface area contributed by atoms with E-state index in [0.717, 1.165) is 48.3 Å². The van der Waals surface area contributed by atoms with Gasteiger partial charge in [0.25, 0.3) is 11.7 Å². The summed E-state index contributed by atoms with van der Waals surface area (Å²) < 4.78 is 6.20. The number of rotatable bonds is 2. The quantitative estimate of drug-likeness (QED) is 0.698. The summed E-state index contributed by atoms with van der Waals surface area (Å²) in [5.41, 5.74) is 15.3. The van der Waals surface area contributed by atoms with E-state index in [4.69, 9.17) is 16.2 Å². The van der Waals surface area contributed by atoms with Crippen LogP contribution in [0.1, 0.15) is 42.1 Å². The highest BCUT2D eigenvalue weighted by atomic mass is 16.5. The minimum absolute atomic E-state index is 0.122. The number of anilines is 3. The number of piperidine rings is 1. The molecule has 146 valence electrons. The second-order valence-corrected chi connectivity index (χ2v) is 7.74. The first-order chi connectivity index (χ1) is 14.2. The number of nitrogen functional groups attached to an aromatic ring is 2. The lowest BCUT2D eigenvalue weighted by atomic mass is 9.97. The van der Waals surface area contributed by atoms with Crippen molar-refractivity contribution in [3.05, 3.63) is 47.0 Å². The number of nitrogens with one attached hydrogen (secondary N) is 2. The van der Waals surface area contributed by atoms with Crippen LogP contribution in [0.5, 0.6) is 5.88 Å². The molecule has 4 heterocycles. The summed E-state index contributed by atoms with van der Waals surface area (Å²) in [5, 5.41) is 11.6. The molecule has 6 N–H and O–H groups in total. The van der Waals surface area contributed by atoms with Gasteiger partial charge >= 0.3 is 0 Å². The molecule has 0 unspecified atom stereocenters. The third-order valence-corrected chi connectivity index (χ3v) is 5.96. The maximum atomic E-state index is 10.1. The van der Waals surface area contributed by atoms with Gasteiger partial charge in [-0.25, -0.2) is 9.97 Å². The fourth-order valence-corrected chi connectivity index (χ4v) is 4.57. The number of H-pyrrole nitrogens is 2. The number of hydrogen-bond donors (Lipinski definition) is 2. The topological polar surface area (TPSA) is 117 Å². The summed E-state index contributed by atoms with van der Waals surface area (Å²) in [6.07, 6.45) is 3.97. The monoisotopic (exact) mass is 388 g/mol. The predicted molar refractivity (Wildman–Crippen MR) is 110 cm³/mol. The first kappa shape index (κ1) is 17.6. The highest BCUT2D eigenvalue weighted by molar-refractivity contribution is 6.03. The number of nitriles is 1. The van der Waals surface area contributed by atoms with Crippen LogP contribution in [0.4, 0.5) is 17.5 Å². The Morgan fingerprint density at radius 3 is 2.45 bits per heavy atom. The van der Waals surface area contributed by atoms with Crippen molar-refractivity contribution in [2.45, 2.75) is 31.8 Å². The third-order valence-electron chi connectivity index (χ3n) is 5.96. The number of hydrogen-bond acceptors (Lipinski definition) is 5. The average molecular weight is 388 g/mol. The van der Waals surface area contributed by atoms with Crippen molar-refractivity contribution in [1.82, 2.24) is 0 Å². The van der Waals surface area contributed by atoms with Crippen LogP contribution in [0.3, 0.4) is 0 Å². The molecular weight excluding hydrogens is 364 g/mol. The van der Waals surface area contributed by atoms with E-state index in [1.54, 1.807) is 0 Å². The number of benzene rings is 1. The molecule has 7 heteroatoms. The van der Waals surface area contributed by atoms with Gasteiger partial charge < -0.3 is 10.5 Å². The van der Waals surface area contributed by atoms with Gasteiger partial charge in [0, 0.05) is 11.8 Å². The van der Waals surface area contributed by atoms with Crippen molar-refractivity contribution in [2.24, 2.45) is 0 Å². The van der Waals surface area contributed by atoms with Crippen molar-refractivity contribution in [3.8, 4) is 11.9 Å². The van der Waals surface area contributed by atoms with E-state index in [2.05, 4.69) is 33.1 Å². The Morgan fingerprint density at radius 1 is 1.00 bits per heavy atom. The van der Waals surface area contributed by atoms with Gasteiger partial charge in [0.1, 0.15) is 23.1 Å². The molecule has 2 aliphatic heterocycles. The second kappa shape index (κ2) is 6.82. The summed E-state index contributed by atoms with van der Waals surface area (Å²) in [6.45, 7) is 1.83. The normalized spacial score (nSPS) is 18.3. The van der Waals surface area contributed by atoms with E-state index in [1.165, 1.54) is 6.42 Å². The van der Waals surface area contributed by atoms with E-state index in [0.29, 0.717) is 34.9 Å². The minimum Gasteiger partial charge on any atom is -0.454 e. The number of nitrogens with zero attached hydrogens (tertiary/aromatic N) is 2. The Morgan fingerprint density at radius 2 is 1.72 bits per heavy atom. The summed E-state index contributed by atoms with van der Waals surface area (Å²) in [4.78, 5) is 8.63. The first-order valence-corrected chi connectivity index (χ1v) is 10.1. The van der Waals surface area contributed by atoms with Crippen LogP contribution in [0.25, 0.3) is 10.8 Å². The molecule has 1 aromatic carbocycles. The van der Waals surface area contributed by atoms with Gasteiger partial charge in [-0.3, -0.25) is 10.6 Å². The number of nitrogens with two attached hydrogens (primary N) is 2. The molecule has 5 rings (SSSR count). The van der Waals surface area contributed by atoms with Crippen molar-refractivity contribution < 1.29 is 14.7 Å². The van der Waals surface area contributed by atoms with E-state index in [-0.39, 0.29) is 6.10 Å². The highest BCUT2D eigenvalue weighted by Crippen LogP contribution is 2.42. The molecule has 3 aromatic rings. The van der Waals surface area contributed by atoms with Gasteiger partial charge in [0.05, 0.1) is 18.7 Å². The zero-order valence-electron chi connectivity index (χ0n) is 16.2. The van der Waals surface area contributed by atoms with Gasteiger partial charge in [0.15, 0.2) is 0 Å². The van der Waals surface area contributed by atoms with Crippen molar-refractivity contribution >= 4 is 28.2 Å². The van der Waals surface area contributed by atoms with E-state index < -0.39 is 0 Å². The standard InChI is InChI=1S/C22H22N6O/c23-12-15-17-14-11-16(13-7-3-1-4-8-13)29-22(14)27-20(25)18(17)19(24)26-21(15)28-9-5-2-6-10-28/h1,3-4,7-8,16H,2,5-6,9-11H2,(H2,24,26)(H2,25,27)/p+2/t16-/m0/s1. The molecule has 2 aromatic heterocycles. The molecule has 7 nitrogen and oxygen atoms in total. The van der Waals surface area contributed by atoms with Crippen LogP contribution < -0.4 is 31.1 Å². The second-order valence-electron chi connectivity index (χ2n) is 7.74. The molecular formula is C22H24N6O+2. The molecule has 2 aliphatic rings. The highest BCUT2D eigenvalue weighted by Gasteiger charge is 2.35. The maximum absolute atomic E-state index is 10.1. The number of aromatic amines is 2. The van der Waals surface area contributed by atoms with E-state index in [9.17, 15) is 5.26 Å². The number of pyridine rings is 2. The summed E-state index contributed by atoms with van der Waals surface area (Å²) >= 11 is 0. The summed E-state index contributed by atoms with van der Waals surface area (Å²) in [5.74, 6) is 2.28. The number of ether oxygens (including phenoxy) is 1. The maximum Gasteiger partial charge on any atom is 0.287 e. The van der Waals surface area contributed by atoms with Crippen molar-refractivity contribution in [1.29, 1.82) is 5.26 Å². The first-order valence-electron chi connectivity index (χ1n) is 10.1. The fraction of sp³-hybridized carbons (Fsp3) is 0.318. The van der Waals surface area contributed by atoms with Crippen LogP contribution in [0.2, 0.25) is 0 Å². The van der Waals surface area contributed by atoms with Gasteiger partial charge in [-0.1, -0.05) is 30.3 Å². The van der Waals surface area contributed by atoms with E-state index in [1.807, 2.05) is 18.2 Å². The predicted octanol–water partition coefficient (Wildman–Crippen LogP) is 2.17. The molecule has 1 atom stereocenters. The zero-order valence-corrected chi connectivity index (χ0v) is 16.2. The molecule has 1 fully saturated rings. The molecule has 29 heavy (non-hydrogen) atoms. The van der Waals surface area contributed by atoms with Crippen molar-refractivity contribution in [2.75, 3.05) is 29.5 Å². The average Bonchev–Trinajstić information content (AvgIpc) is 3.18. The molecule has 0 amide bonds. The lowest BCUT2D eigenvalue weighted by Gasteiger charge is -2.24. The van der Waals surface area contributed by atoms with Crippen LogP contribution >= 0.6 is 0 Å². The van der Waals surface area contributed by atoms with Crippen LogP contribution in [0, 0.1) is 11.3 Å². The Balaban J connectivity index is 1.71. The fourth-order valence-electron chi connectivity index (χ4n) is 4.57. The van der Waals surface area contributed by atoms with Crippen LogP contribution in [-0.2, 0) is 6.42 Å². The van der Waals surface area contributed by atoms with Gasteiger partial charge in [-0.2, -0.15) is 5.26 Å². The third kappa shape index (κ3) is 2.80. The largest absolute Gasteiger partial charge is 0.454 e. The van der Waals surface area contributed by atoms with E-state index >= 15 is 0 Å². The lowest BCUT2D eigenvalue weighted by Crippen LogP contribution is -2.36. The molecule has 0 aliphatic carbocycles. The zero-order chi connectivity index (χ0) is 20.0. The van der Waals surface area contributed by atoms with Crippen molar-refractivity contribution in [3.63, 3.8) is 0 Å². The van der Waals surface area contributed by atoms with Crippen LogP contribution in [-0.4, -0.2) is 13.1 Å². The number of fused-ring (bicyclic) bond motifs is 3. The van der Waals surface area contributed by atoms with Gasteiger partial charge in [-0.05, 0) is 24.8 Å². The smallest absolute Gasteiger partial charge is 0.287 e. The van der Waals surface area contributed by atoms with Crippen LogP contribution in [0.15, 0.2) is 30.3 Å². The number of aromatic nitrogens is 2.